The molecule has 7 nitrogen and oxygen atoms in total. The lowest BCUT2D eigenvalue weighted by molar-refractivity contribution is 0.0600. The molecule has 176 valence electrons. The van der Waals surface area contributed by atoms with Crippen LogP contribution >= 0.6 is 0 Å². The molecular weight excluding hydrogens is 447 g/mol. The maximum absolute atomic E-state index is 14.1. The molecule has 0 aliphatic heterocycles. The number of hydrogen-bond donors (Lipinski definition) is 0. The minimum atomic E-state index is -1.77. The van der Waals surface area contributed by atoms with Crippen molar-refractivity contribution < 1.29 is 27.3 Å². The summed E-state index contributed by atoms with van der Waals surface area (Å²) < 4.78 is 45.1. The topological polar surface area (TPSA) is 81.9 Å². The first-order valence-electron chi connectivity index (χ1n) is 10.4. The zero-order valence-corrected chi connectivity index (χ0v) is 20.1. The number of aromatic nitrogens is 1. The van der Waals surface area contributed by atoms with Crippen molar-refractivity contribution in [3.8, 4) is 5.75 Å². The molecule has 2 atom stereocenters. The molecule has 9 heteroatoms. The third kappa shape index (κ3) is 5.98. The van der Waals surface area contributed by atoms with Gasteiger partial charge in [0, 0.05) is 6.20 Å². The standard InChI is InChI=1S/C24H27FN2O5S/c1-15-10-21(27(13-17(3)25)33(29)23-9-6-18(4)32-23)22(11-16(15)2)31-14-20-8-7-19(12-26-20)24(28)30-5/h6-12,17H,13-14H2,1-5H3. The zero-order chi connectivity index (χ0) is 24.1. The number of aryl methyl sites for hydroxylation is 3. The molecule has 0 bridgehead atoms. The summed E-state index contributed by atoms with van der Waals surface area (Å²) in [6.45, 7) is 7.01. The molecule has 0 saturated heterocycles. The van der Waals surface area contributed by atoms with E-state index in [0.717, 1.165) is 11.1 Å². The molecular formula is C24H27FN2O5S. The van der Waals surface area contributed by atoms with E-state index >= 15 is 0 Å². The number of rotatable bonds is 9. The molecule has 0 radical (unpaired) electrons. The lowest BCUT2D eigenvalue weighted by Gasteiger charge is -2.26. The second-order valence-corrected chi connectivity index (χ2v) is 9.02. The van der Waals surface area contributed by atoms with Crippen LogP contribution in [-0.2, 0) is 22.3 Å². The first kappa shape index (κ1) is 24.4. The molecule has 3 rings (SSSR count). The lowest BCUT2D eigenvalue weighted by Crippen LogP contribution is -2.31. The van der Waals surface area contributed by atoms with Gasteiger partial charge in [0.15, 0.2) is 11.0 Å². The number of benzene rings is 1. The van der Waals surface area contributed by atoms with Gasteiger partial charge in [0.25, 0.3) is 0 Å². The fraction of sp³-hybridized carbons (Fsp3) is 0.333. The van der Waals surface area contributed by atoms with Gasteiger partial charge in [-0.2, -0.15) is 0 Å². The van der Waals surface area contributed by atoms with Crippen LogP contribution in [0.25, 0.3) is 0 Å². The minimum absolute atomic E-state index is 0.0997. The molecule has 0 spiro atoms. The highest BCUT2D eigenvalue weighted by Crippen LogP contribution is 2.35. The van der Waals surface area contributed by atoms with E-state index in [1.807, 2.05) is 26.0 Å². The molecule has 0 amide bonds. The van der Waals surface area contributed by atoms with Crippen molar-refractivity contribution in [1.29, 1.82) is 0 Å². The predicted molar refractivity (Wildman–Crippen MR) is 124 cm³/mol. The third-order valence-electron chi connectivity index (χ3n) is 4.97. The summed E-state index contributed by atoms with van der Waals surface area (Å²) in [5.74, 6) is 0.580. The highest BCUT2D eigenvalue weighted by Gasteiger charge is 2.25. The van der Waals surface area contributed by atoms with Crippen molar-refractivity contribution in [3.63, 3.8) is 0 Å². The number of ether oxygens (including phenoxy) is 2. The van der Waals surface area contributed by atoms with E-state index < -0.39 is 23.1 Å². The SMILES string of the molecule is COC(=O)c1ccc(COc2cc(C)c(C)cc2N(CC(C)F)S(=O)c2ccc(C)o2)nc1. The quantitative estimate of drug-likeness (QED) is 0.412. The zero-order valence-electron chi connectivity index (χ0n) is 19.3. The van der Waals surface area contributed by atoms with Gasteiger partial charge in [0.1, 0.15) is 24.3 Å². The van der Waals surface area contributed by atoms with Crippen LogP contribution in [0.3, 0.4) is 0 Å². The molecule has 2 aromatic heterocycles. The number of anilines is 1. The summed E-state index contributed by atoms with van der Waals surface area (Å²) >= 11 is 0. The number of furan rings is 1. The van der Waals surface area contributed by atoms with E-state index in [1.165, 1.54) is 24.5 Å². The average molecular weight is 475 g/mol. The number of alkyl halides is 1. The van der Waals surface area contributed by atoms with Gasteiger partial charge in [-0.25, -0.2) is 13.4 Å². The number of hydrogen-bond acceptors (Lipinski definition) is 6. The van der Waals surface area contributed by atoms with Gasteiger partial charge in [0.05, 0.1) is 30.6 Å². The first-order chi connectivity index (χ1) is 15.7. The van der Waals surface area contributed by atoms with Crippen molar-refractivity contribution >= 4 is 22.6 Å². The number of halogens is 1. The van der Waals surface area contributed by atoms with Crippen molar-refractivity contribution in [2.24, 2.45) is 0 Å². The Bertz CT molecular complexity index is 1140. The van der Waals surface area contributed by atoms with E-state index in [1.54, 1.807) is 31.2 Å². The molecule has 0 N–H and O–H groups in total. The molecule has 2 unspecified atom stereocenters. The number of methoxy groups -OCH3 is 1. The van der Waals surface area contributed by atoms with Gasteiger partial charge >= 0.3 is 5.97 Å². The normalized spacial score (nSPS) is 12.8. The Morgan fingerprint density at radius 3 is 2.48 bits per heavy atom. The van der Waals surface area contributed by atoms with E-state index in [-0.39, 0.29) is 18.2 Å². The molecule has 33 heavy (non-hydrogen) atoms. The van der Waals surface area contributed by atoms with Crippen LogP contribution in [0.5, 0.6) is 5.75 Å². The Hall–Kier alpha value is -3.20. The van der Waals surface area contributed by atoms with Crippen molar-refractivity contribution in [2.75, 3.05) is 18.0 Å². The number of nitrogens with zero attached hydrogens (tertiary/aromatic N) is 2. The van der Waals surface area contributed by atoms with Crippen LogP contribution in [0.4, 0.5) is 10.1 Å². The Balaban J connectivity index is 1.92. The van der Waals surface area contributed by atoms with Crippen molar-refractivity contribution in [3.05, 3.63) is 70.7 Å². The molecule has 3 aromatic rings. The summed E-state index contributed by atoms with van der Waals surface area (Å²) in [6, 6.07) is 10.3. The fourth-order valence-electron chi connectivity index (χ4n) is 3.08. The molecule has 0 aliphatic carbocycles. The van der Waals surface area contributed by atoms with Crippen LogP contribution in [0, 0.1) is 20.8 Å². The second kappa shape index (κ2) is 10.6. The Morgan fingerprint density at radius 2 is 1.91 bits per heavy atom. The Morgan fingerprint density at radius 1 is 1.18 bits per heavy atom. The van der Waals surface area contributed by atoms with Crippen LogP contribution in [0.2, 0.25) is 0 Å². The second-order valence-electron chi connectivity index (χ2n) is 7.68. The van der Waals surface area contributed by atoms with Gasteiger partial charge < -0.3 is 13.9 Å². The largest absolute Gasteiger partial charge is 0.485 e. The monoisotopic (exact) mass is 474 g/mol. The summed E-state index contributed by atoms with van der Waals surface area (Å²) in [5, 5.41) is 0.234. The number of esters is 1. The van der Waals surface area contributed by atoms with Gasteiger partial charge in [0.2, 0.25) is 5.09 Å². The maximum Gasteiger partial charge on any atom is 0.339 e. The van der Waals surface area contributed by atoms with Crippen LogP contribution in [-0.4, -0.2) is 35.0 Å². The van der Waals surface area contributed by atoms with E-state index in [4.69, 9.17) is 9.15 Å². The third-order valence-corrected chi connectivity index (χ3v) is 6.28. The molecule has 0 saturated carbocycles. The first-order valence-corrected chi connectivity index (χ1v) is 11.5. The number of carbonyl (C=O) groups excluding carboxylic acids is 1. The minimum Gasteiger partial charge on any atom is -0.485 e. The maximum atomic E-state index is 14.1. The Kier molecular flexibility index (Phi) is 7.86. The van der Waals surface area contributed by atoms with Gasteiger partial charge in [-0.3, -0.25) is 9.29 Å². The van der Waals surface area contributed by atoms with Crippen molar-refractivity contribution in [1.82, 2.24) is 4.98 Å². The highest BCUT2D eigenvalue weighted by atomic mass is 32.2. The van der Waals surface area contributed by atoms with E-state index in [0.29, 0.717) is 28.5 Å². The van der Waals surface area contributed by atoms with E-state index in [2.05, 4.69) is 9.72 Å². The lowest BCUT2D eigenvalue weighted by atomic mass is 10.1. The molecule has 0 aliphatic rings. The van der Waals surface area contributed by atoms with Gasteiger partial charge in [-0.1, -0.05) is 0 Å². The average Bonchev–Trinajstić information content (AvgIpc) is 3.23. The fourth-order valence-corrected chi connectivity index (χ4v) is 4.35. The molecule has 2 heterocycles. The highest BCUT2D eigenvalue weighted by molar-refractivity contribution is 7.86. The summed E-state index contributed by atoms with van der Waals surface area (Å²) in [4.78, 5) is 15.8. The summed E-state index contributed by atoms with van der Waals surface area (Å²) in [7, 11) is -0.471. The van der Waals surface area contributed by atoms with Crippen molar-refractivity contribution in [2.45, 2.75) is 45.6 Å². The predicted octanol–water partition coefficient (Wildman–Crippen LogP) is 4.85. The van der Waals surface area contributed by atoms with Crippen LogP contribution < -0.4 is 9.04 Å². The van der Waals surface area contributed by atoms with Crippen LogP contribution in [0.15, 0.2) is 52.1 Å². The summed E-state index contributed by atoms with van der Waals surface area (Å²) in [6.07, 6.45) is 0.170. The summed E-state index contributed by atoms with van der Waals surface area (Å²) in [5.41, 5.74) is 3.32. The molecule has 1 aromatic carbocycles. The Labute approximate surface area is 195 Å². The van der Waals surface area contributed by atoms with Gasteiger partial charge in [-0.05, 0) is 75.2 Å². The smallest absolute Gasteiger partial charge is 0.339 e. The van der Waals surface area contributed by atoms with Crippen LogP contribution in [0.1, 0.15) is 39.9 Å². The van der Waals surface area contributed by atoms with E-state index in [9.17, 15) is 13.4 Å². The number of carbonyl (C=O) groups is 1. The van der Waals surface area contributed by atoms with Gasteiger partial charge in [-0.15, -0.1) is 0 Å². The molecule has 0 fully saturated rings. The number of pyridine rings is 1.